The molecular formula is C32H27ClN2O4. The number of rotatable bonds is 6. The number of carbonyl (C=O) groups is 3. The van der Waals surface area contributed by atoms with Crippen molar-refractivity contribution in [2.24, 2.45) is 0 Å². The number of amides is 4. The zero-order valence-corrected chi connectivity index (χ0v) is 22.6. The van der Waals surface area contributed by atoms with E-state index in [4.69, 9.17) is 16.3 Å². The zero-order valence-electron chi connectivity index (χ0n) is 21.8. The van der Waals surface area contributed by atoms with Gasteiger partial charge in [-0.05, 0) is 73.4 Å². The average Bonchev–Trinajstić information content (AvgIpc) is 3.20. The van der Waals surface area contributed by atoms with Gasteiger partial charge < -0.3 is 4.74 Å². The van der Waals surface area contributed by atoms with Crippen molar-refractivity contribution in [3.8, 4) is 5.75 Å². The number of halogens is 1. The van der Waals surface area contributed by atoms with E-state index in [2.05, 4.69) is 5.32 Å². The van der Waals surface area contributed by atoms with Crippen molar-refractivity contribution in [3.63, 3.8) is 0 Å². The Bertz CT molecular complexity index is 1570. The van der Waals surface area contributed by atoms with Crippen molar-refractivity contribution < 1.29 is 19.1 Å². The van der Waals surface area contributed by atoms with Crippen LogP contribution in [0.3, 0.4) is 0 Å². The lowest BCUT2D eigenvalue weighted by Crippen LogP contribution is -2.54. The van der Waals surface area contributed by atoms with Crippen LogP contribution in [0.2, 0.25) is 5.02 Å². The molecule has 1 aliphatic heterocycles. The molecule has 3 aromatic carbocycles. The highest BCUT2D eigenvalue weighted by molar-refractivity contribution is 6.38. The highest BCUT2D eigenvalue weighted by atomic mass is 35.5. The number of benzene rings is 3. The topological polar surface area (TPSA) is 75.7 Å². The smallest absolute Gasteiger partial charge is 0.335 e. The number of hydrogen-bond donors (Lipinski definition) is 1. The molecule has 1 atom stereocenters. The second-order valence-electron chi connectivity index (χ2n) is 9.69. The lowest BCUT2D eigenvalue weighted by molar-refractivity contribution is -0.122. The van der Waals surface area contributed by atoms with Gasteiger partial charge in [0.2, 0.25) is 0 Å². The van der Waals surface area contributed by atoms with Crippen molar-refractivity contribution >= 4 is 35.1 Å². The fraction of sp³-hybridized carbons (Fsp3) is 0.156. The number of carbonyl (C=O) groups excluding carboxylic acids is 3. The van der Waals surface area contributed by atoms with Crippen LogP contribution in [0.1, 0.15) is 36.5 Å². The fourth-order valence-electron chi connectivity index (χ4n) is 4.88. The minimum Gasteiger partial charge on any atom is -0.489 e. The summed E-state index contributed by atoms with van der Waals surface area (Å²) in [7, 11) is 0. The summed E-state index contributed by atoms with van der Waals surface area (Å²) in [5.41, 5.74) is 6.01. The van der Waals surface area contributed by atoms with E-state index in [0.29, 0.717) is 17.3 Å². The lowest BCUT2D eigenvalue weighted by atomic mass is 9.89. The molecule has 1 N–H and O–H groups in total. The number of ether oxygens (including phenoxy) is 1. The number of imide groups is 2. The van der Waals surface area contributed by atoms with E-state index in [1.165, 1.54) is 6.07 Å². The Morgan fingerprint density at radius 1 is 0.949 bits per heavy atom. The number of hydrogen-bond acceptors (Lipinski definition) is 4. The summed E-state index contributed by atoms with van der Waals surface area (Å²) in [4.78, 5) is 39.6. The quantitative estimate of drug-likeness (QED) is 0.277. The number of barbiturate groups is 1. The van der Waals surface area contributed by atoms with Gasteiger partial charge in [-0.15, -0.1) is 0 Å². The molecule has 1 aliphatic carbocycles. The van der Waals surface area contributed by atoms with Gasteiger partial charge in [-0.1, -0.05) is 77.4 Å². The molecule has 1 fully saturated rings. The van der Waals surface area contributed by atoms with Gasteiger partial charge in [0.25, 0.3) is 11.8 Å². The first-order valence-corrected chi connectivity index (χ1v) is 12.9. The monoisotopic (exact) mass is 538 g/mol. The first kappa shape index (κ1) is 26.2. The van der Waals surface area contributed by atoms with Crippen LogP contribution in [-0.2, 0) is 16.2 Å². The maximum absolute atomic E-state index is 13.3. The van der Waals surface area contributed by atoms with E-state index in [1.54, 1.807) is 18.2 Å². The number of nitrogens with one attached hydrogen (secondary N) is 1. The molecule has 1 saturated heterocycles. The fourth-order valence-corrected chi connectivity index (χ4v) is 5.06. The van der Waals surface area contributed by atoms with E-state index in [-0.39, 0.29) is 11.5 Å². The molecular weight excluding hydrogens is 512 g/mol. The van der Waals surface area contributed by atoms with Crippen LogP contribution in [0.15, 0.2) is 107 Å². The van der Waals surface area contributed by atoms with Gasteiger partial charge >= 0.3 is 6.03 Å². The highest BCUT2D eigenvalue weighted by Gasteiger charge is 2.37. The number of urea groups is 1. The van der Waals surface area contributed by atoms with Gasteiger partial charge in [0.05, 0.1) is 5.69 Å². The molecule has 2 aliphatic rings. The van der Waals surface area contributed by atoms with Crippen molar-refractivity contribution in [2.75, 3.05) is 4.90 Å². The third kappa shape index (κ3) is 5.29. The Hall–Kier alpha value is -4.42. The molecule has 39 heavy (non-hydrogen) atoms. The predicted octanol–water partition coefficient (Wildman–Crippen LogP) is 6.80. The van der Waals surface area contributed by atoms with Crippen LogP contribution in [0.5, 0.6) is 5.75 Å². The molecule has 7 heteroatoms. The van der Waals surface area contributed by atoms with Gasteiger partial charge in [-0.25, -0.2) is 9.69 Å². The van der Waals surface area contributed by atoms with Gasteiger partial charge in [-0.3, -0.25) is 14.9 Å². The minimum absolute atomic E-state index is 0.00424. The molecule has 1 heterocycles. The van der Waals surface area contributed by atoms with Crippen LogP contribution in [0.4, 0.5) is 10.5 Å². The van der Waals surface area contributed by atoms with E-state index < -0.39 is 17.8 Å². The van der Waals surface area contributed by atoms with Gasteiger partial charge in [0, 0.05) is 10.9 Å². The molecule has 0 bridgehead atoms. The SMILES string of the molecule is CC1=CC(/C=C2/C(=O)NC(=O)N(c3ccc(C)c(Cl)c3)C2=O)=C(C)[C@@H]1c1ccc(OCc2ccccc2)cc1. The largest absolute Gasteiger partial charge is 0.489 e. The average molecular weight is 539 g/mol. The maximum Gasteiger partial charge on any atom is 0.335 e. The van der Waals surface area contributed by atoms with Gasteiger partial charge in [0.1, 0.15) is 17.9 Å². The standard InChI is InChI=1S/C32H27ClN2O4/c1-19-9-12-25(17-28(19)33)35-31(37)27(30(36)34-32(35)38)16-24-15-20(2)29(21(24)3)23-10-13-26(14-11-23)39-18-22-7-5-4-6-8-22/h4-17,29H,18H2,1-3H3,(H,34,36,38)/b27-16-/t29-/m1/s1. The molecule has 0 radical (unpaired) electrons. The first-order chi connectivity index (χ1) is 18.7. The molecule has 4 amide bonds. The number of anilines is 1. The van der Waals surface area contributed by atoms with Crippen LogP contribution >= 0.6 is 11.6 Å². The summed E-state index contributed by atoms with van der Waals surface area (Å²) in [6, 6.07) is 22.0. The van der Waals surface area contributed by atoms with Crippen LogP contribution in [0.25, 0.3) is 0 Å². The molecule has 0 aromatic heterocycles. The van der Waals surface area contributed by atoms with Crippen LogP contribution < -0.4 is 15.0 Å². The maximum atomic E-state index is 13.3. The second-order valence-corrected chi connectivity index (χ2v) is 10.1. The van der Waals surface area contributed by atoms with E-state index in [1.807, 2.05) is 81.4 Å². The third-order valence-electron chi connectivity index (χ3n) is 7.00. The van der Waals surface area contributed by atoms with Crippen molar-refractivity contribution in [2.45, 2.75) is 33.3 Å². The van der Waals surface area contributed by atoms with Gasteiger partial charge in [-0.2, -0.15) is 0 Å². The summed E-state index contributed by atoms with van der Waals surface area (Å²) in [6.45, 7) is 6.32. The second kappa shape index (κ2) is 10.8. The summed E-state index contributed by atoms with van der Waals surface area (Å²) in [5.74, 6) is -0.653. The zero-order chi connectivity index (χ0) is 27.7. The number of allylic oxidation sites excluding steroid dienone is 5. The molecule has 0 saturated carbocycles. The van der Waals surface area contributed by atoms with Crippen molar-refractivity contribution in [1.29, 1.82) is 0 Å². The molecule has 6 nitrogen and oxygen atoms in total. The number of aryl methyl sites for hydroxylation is 1. The minimum atomic E-state index is -0.807. The Morgan fingerprint density at radius 2 is 1.67 bits per heavy atom. The number of nitrogens with zero attached hydrogens (tertiary/aromatic N) is 1. The third-order valence-corrected chi connectivity index (χ3v) is 7.41. The Labute approximate surface area is 232 Å². The normalized spacial score (nSPS) is 18.5. The van der Waals surface area contributed by atoms with Crippen molar-refractivity contribution in [3.05, 3.63) is 129 Å². The van der Waals surface area contributed by atoms with E-state index in [0.717, 1.165) is 44.1 Å². The summed E-state index contributed by atoms with van der Waals surface area (Å²) in [5, 5.41) is 2.69. The Morgan fingerprint density at radius 3 is 2.36 bits per heavy atom. The van der Waals surface area contributed by atoms with Crippen LogP contribution in [-0.4, -0.2) is 17.8 Å². The summed E-state index contributed by atoms with van der Waals surface area (Å²) < 4.78 is 5.92. The van der Waals surface area contributed by atoms with Gasteiger partial charge in [0.15, 0.2) is 0 Å². The summed E-state index contributed by atoms with van der Waals surface area (Å²) in [6.07, 6.45) is 3.53. The van der Waals surface area contributed by atoms with E-state index in [9.17, 15) is 14.4 Å². The molecule has 5 rings (SSSR count). The molecule has 0 spiro atoms. The Balaban J connectivity index is 1.38. The van der Waals surface area contributed by atoms with E-state index >= 15 is 0 Å². The molecule has 0 unspecified atom stereocenters. The lowest BCUT2D eigenvalue weighted by Gasteiger charge is -2.26. The Kier molecular flexibility index (Phi) is 7.22. The predicted molar refractivity (Wildman–Crippen MR) is 152 cm³/mol. The van der Waals surface area contributed by atoms with Crippen molar-refractivity contribution in [1.82, 2.24) is 5.32 Å². The first-order valence-electron chi connectivity index (χ1n) is 12.6. The summed E-state index contributed by atoms with van der Waals surface area (Å²) >= 11 is 6.22. The molecule has 196 valence electrons. The highest BCUT2D eigenvalue weighted by Crippen LogP contribution is 2.41. The molecule has 3 aromatic rings. The van der Waals surface area contributed by atoms with Crippen LogP contribution in [0, 0.1) is 6.92 Å².